The topological polar surface area (TPSA) is 49.4 Å². The maximum atomic E-state index is 12.8. The smallest absolute Gasteiger partial charge is 0.246 e. The molecule has 1 aliphatic heterocycles. The summed E-state index contributed by atoms with van der Waals surface area (Å²) in [4.78, 5) is 27.2. The van der Waals surface area contributed by atoms with Gasteiger partial charge in [-0.15, -0.1) is 0 Å². The molecule has 1 aliphatic carbocycles. The molecule has 2 amide bonds. The number of carbonyl (C=O) groups is 2. The SMILES string of the molecule is CCC(C)CN1C(=O)C(C(C)(C)C)NC(=O)C1C1CC1. The van der Waals surface area contributed by atoms with Crippen LogP contribution in [0.15, 0.2) is 0 Å². The Morgan fingerprint density at radius 3 is 2.35 bits per heavy atom. The van der Waals surface area contributed by atoms with Crippen molar-refractivity contribution in [1.82, 2.24) is 10.2 Å². The number of carbonyl (C=O) groups excluding carboxylic acids is 2. The standard InChI is InChI=1S/C16H28N2O2/c1-6-10(2)9-18-12(11-7-8-11)14(19)17-13(15(18)20)16(3,4)5/h10-13H,6-9H2,1-5H3,(H,17,19). The number of rotatable bonds is 4. The summed E-state index contributed by atoms with van der Waals surface area (Å²) in [7, 11) is 0. The first-order valence-corrected chi connectivity index (χ1v) is 7.86. The number of amides is 2. The van der Waals surface area contributed by atoms with Crippen molar-refractivity contribution in [3.05, 3.63) is 0 Å². The minimum Gasteiger partial charge on any atom is -0.342 e. The first kappa shape index (κ1) is 15.3. The molecule has 0 aromatic rings. The van der Waals surface area contributed by atoms with E-state index in [0.29, 0.717) is 18.4 Å². The molecule has 2 fully saturated rings. The van der Waals surface area contributed by atoms with Crippen molar-refractivity contribution in [2.24, 2.45) is 17.3 Å². The third-order valence-electron chi connectivity index (χ3n) is 4.56. The van der Waals surface area contributed by atoms with Crippen molar-refractivity contribution in [1.29, 1.82) is 0 Å². The molecular formula is C16H28N2O2. The van der Waals surface area contributed by atoms with Crippen LogP contribution in [0.4, 0.5) is 0 Å². The predicted molar refractivity (Wildman–Crippen MR) is 79.1 cm³/mol. The largest absolute Gasteiger partial charge is 0.342 e. The van der Waals surface area contributed by atoms with Crippen LogP contribution in [-0.2, 0) is 9.59 Å². The van der Waals surface area contributed by atoms with Gasteiger partial charge in [-0.05, 0) is 30.1 Å². The van der Waals surface area contributed by atoms with E-state index in [0.717, 1.165) is 19.3 Å². The Labute approximate surface area is 122 Å². The Morgan fingerprint density at radius 1 is 1.30 bits per heavy atom. The van der Waals surface area contributed by atoms with E-state index in [1.54, 1.807) is 0 Å². The number of nitrogens with zero attached hydrogens (tertiary/aromatic N) is 1. The van der Waals surface area contributed by atoms with Gasteiger partial charge in [0.25, 0.3) is 0 Å². The average molecular weight is 280 g/mol. The van der Waals surface area contributed by atoms with Gasteiger partial charge in [-0.25, -0.2) is 0 Å². The maximum absolute atomic E-state index is 12.8. The van der Waals surface area contributed by atoms with Gasteiger partial charge in [-0.3, -0.25) is 9.59 Å². The molecule has 4 nitrogen and oxygen atoms in total. The van der Waals surface area contributed by atoms with E-state index >= 15 is 0 Å². The van der Waals surface area contributed by atoms with Gasteiger partial charge in [-0.2, -0.15) is 0 Å². The zero-order valence-corrected chi connectivity index (χ0v) is 13.4. The van der Waals surface area contributed by atoms with Crippen molar-refractivity contribution < 1.29 is 9.59 Å². The molecular weight excluding hydrogens is 252 g/mol. The fourth-order valence-electron chi connectivity index (χ4n) is 2.87. The number of hydrogen-bond acceptors (Lipinski definition) is 2. The molecule has 4 heteroatoms. The van der Waals surface area contributed by atoms with Gasteiger partial charge in [0.05, 0.1) is 0 Å². The number of hydrogen-bond donors (Lipinski definition) is 1. The highest BCUT2D eigenvalue weighted by molar-refractivity contribution is 5.97. The first-order valence-electron chi connectivity index (χ1n) is 7.86. The Bertz CT molecular complexity index is 396. The number of nitrogens with one attached hydrogen (secondary N) is 1. The third kappa shape index (κ3) is 2.99. The van der Waals surface area contributed by atoms with Crippen molar-refractivity contribution in [3.8, 4) is 0 Å². The Morgan fingerprint density at radius 2 is 1.90 bits per heavy atom. The average Bonchev–Trinajstić information content (AvgIpc) is 3.16. The lowest BCUT2D eigenvalue weighted by Gasteiger charge is -2.44. The Hall–Kier alpha value is -1.06. The van der Waals surface area contributed by atoms with Crippen LogP contribution in [0.5, 0.6) is 0 Å². The van der Waals surface area contributed by atoms with Gasteiger partial charge in [-0.1, -0.05) is 41.0 Å². The molecule has 1 saturated carbocycles. The minimum absolute atomic E-state index is 0.0512. The van der Waals surface area contributed by atoms with Gasteiger partial charge in [0.1, 0.15) is 12.1 Å². The molecule has 2 rings (SSSR count). The predicted octanol–water partition coefficient (Wildman–Crippen LogP) is 2.18. The van der Waals surface area contributed by atoms with E-state index in [9.17, 15) is 9.59 Å². The van der Waals surface area contributed by atoms with Crippen molar-refractivity contribution in [2.45, 2.75) is 66.0 Å². The lowest BCUT2D eigenvalue weighted by Crippen LogP contribution is -2.67. The van der Waals surface area contributed by atoms with Crippen molar-refractivity contribution >= 4 is 11.8 Å². The van der Waals surface area contributed by atoms with Crippen LogP contribution in [0.25, 0.3) is 0 Å². The summed E-state index contributed by atoms with van der Waals surface area (Å²) in [6, 6.07) is -0.621. The summed E-state index contributed by atoms with van der Waals surface area (Å²) in [6.07, 6.45) is 3.17. The fourth-order valence-corrected chi connectivity index (χ4v) is 2.87. The summed E-state index contributed by atoms with van der Waals surface area (Å²) in [5.41, 5.74) is -0.241. The van der Waals surface area contributed by atoms with E-state index in [2.05, 4.69) is 19.2 Å². The second-order valence-corrected chi connectivity index (χ2v) is 7.59. The van der Waals surface area contributed by atoms with Gasteiger partial charge in [0, 0.05) is 6.54 Å². The minimum atomic E-state index is -0.394. The summed E-state index contributed by atoms with van der Waals surface area (Å²) < 4.78 is 0. The van der Waals surface area contributed by atoms with E-state index < -0.39 is 6.04 Å². The number of piperazine rings is 1. The molecule has 1 N–H and O–H groups in total. The van der Waals surface area contributed by atoms with Crippen LogP contribution in [0, 0.1) is 17.3 Å². The lowest BCUT2D eigenvalue weighted by atomic mass is 9.83. The molecule has 0 aromatic heterocycles. The van der Waals surface area contributed by atoms with Crippen LogP contribution < -0.4 is 5.32 Å². The zero-order chi connectivity index (χ0) is 15.1. The summed E-state index contributed by atoms with van der Waals surface area (Å²) >= 11 is 0. The van der Waals surface area contributed by atoms with Gasteiger partial charge in [0.15, 0.2) is 0 Å². The first-order chi connectivity index (χ1) is 9.25. The summed E-state index contributed by atoms with van der Waals surface area (Å²) in [5.74, 6) is 0.972. The molecule has 20 heavy (non-hydrogen) atoms. The summed E-state index contributed by atoms with van der Waals surface area (Å²) in [5, 5.41) is 2.97. The lowest BCUT2D eigenvalue weighted by molar-refractivity contribution is -0.154. The van der Waals surface area contributed by atoms with Crippen LogP contribution in [0.1, 0.15) is 53.9 Å². The molecule has 0 radical (unpaired) electrons. The molecule has 1 saturated heterocycles. The molecule has 3 unspecified atom stereocenters. The Kier molecular flexibility index (Phi) is 4.12. The second-order valence-electron chi connectivity index (χ2n) is 7.59. The molecule has 0 aromatic carbocycles. The highest BCUT2D eigenvalue weighted by atomic mass is 16.2. The van der Waals surface area contributed by atoms with E-state index in [4.69, 9.17) is 0 Å². The molecule has 0 spiro atoms. The third-order valence-corrected chi connectivity index (χ3v) is 4.56. The van der Waals surface area contributed by atoms with E-state index in [-0.39, 0.29) is 23.3 Å². The summed E-state index contributed by atoms with van der Waals surface area (Å²) in [6.45, 7) is 11.0. The van der Waals surface area contributed by atoms with Gasteiger partial charge in [0.2, 0.25) is 11.8 Å². The maximum Gasteiger partial charge on any atom is 0.246 e. The highest BCUT2D eigenvalue weighted by Crippen LogP contribution is 2.38. The molecule has 3 atom stereocenters. The van der Waals surface area contributed by atoms with E-state index in [1.165, 1.54) is 0 Å². The van der Waals surface area contributed by atoms with Crippen LogP contribution in [0.2, 0.25) is 0 Å². The highest BCUT2D eigenvalue weighted by Gasteiger charge is 2.50. The fraction of sp³-hybridized carbons (Fsp3) is 0.875. The van der Waals surface area contributed by atoms with Gasteiger partial charge < -0.3 is 10.2 Å². The van der Waals surface area contributed by atoms with Crippen LogP contribution in [0.3, 0.4) is 0 Å². The van der Waals surface area contributed by atoms with Crippen LogP contribution in [-0.4, -0.2) is 35.3 Å². The zero-order valence-electron chi connectivity index (χ0n) is 13.4. The molecule has 1 heterocycles. The van der Waals surface area contributed by atoms with Crippen molar-refractivity contribution in [2.75, 3.05) is 6.54 Å². The van der Waals surface area contributed by atoms with Gasteiger partial charge >= 0.3 is 0 Å². The van der Waals surface area contributed by atoms with Crippen molar-refractivity contribution in [3.63, 3.8) is 0 Å². The monoisotopic (exact) mass is 280 g/mol. The molecule has 114 valence electrons. The molecule has 0 bridgehead atoms. The Balaban J connectivity index is 2.23. The van der Waals surface area contributed by atoms with E-state index in [1.807, 2.05) is 25.7 Å². The normalized spacial score (nSPS) is 29.4. The van der Waals surface area contributed by atoms with Crippen LogP contribution >= 0.6 is 0 Å². The molecule has 2 aliphatic rings. The second kappa shape index (κ2) is 5.38. The quantitative estimate of drug-likeness (QED) is 0.858.